The Morgan fingerprint density at radius 1 is 1.17 bits per heavy atom. The Labute approximate surface area is 138 Å². The van der Waals surface area contributed by atoms with E-state index in [2.05, 4.69) is 35.1 Å². The van der Waals surface area contributed by atoms with Crippen molar-refractivity contribution in [2.24, 2.45) is 5.92 Å². The number of carbonyl (C=O) groups is 1. The summed E-state index contributed by atoms with van der Waals surface area (Å²) in [6, 6.07) is 5.48. The Balaban J connectivity index is 1.41. The van der Waals surface area contributed by atoms with Gasteiger partial charge in [0.1, 0.15) is 17.7 Å². The summed E-state index contributed by atoms with van der Waals surface area (Å²) >= 11 is 0. The Morgan fingerprint density at radius 3 is 2.83 bits per heavy atom. The summed E-state index contributed by atoms with van der Waals surface area (Å²) in [7, 11) is 0. The number of piperidine rings is 1. The molecule has 1 aliphatic heterocycles. The van der Waals surface area contributed by atoms with Gasteiger partial charge in [-0.05, 0) is 25.0 Å². The van der Waals surface area contributed by atoms with Crippen LogP contribution in [0, 0.1) is 5.92 Å². The van der Waals surface area contributed by atoms with Crippen LogP contribution in [0.5, 0.6) is 0 Å². The maximum absolute atomic E-state index is 12.4. The van der Waals surface area contributed by atoms with Gasteiger partial charge < -0.3 is 15.2 Å². The number of aromatic amines is 1. The van der Waals surface area contributed by atoms with Gasteiger partial charge in [0.25, 0.3) is 0 Å². The summed E-state index contributed by atoms with van der Waals surface area (Å²) in [6.07, 6.45) is 6.37. The first-order valence-corrected chi connectivity index (χ1v) is 7.92. The van der Waals surface area contributed by atoms with Gasteiger partial charge in [-0.3, -0.25) is 4.79 Å². The number of carbonyl (C=O) groups excluding carboxylic acids is 1. The second-order valence-corrected chi connectivity index (χ2v) is 5.76. The lowest BCUT2D eigenvalue weighted by molar-refractivity contribution is -0.120. The number of aromatic nitrogens is 5. The van der Waals surface area contributed by atoms with E-state index in [1.165, 1.54) is 6.33 Å². The van der Waals surface area contributed by atoms with Gasteiger partial charge in [0.15, 0.2) is 11.5 Å². The van der Waals surface area contributed by atoms with Crippen LogP contribution in [-0.2, 0) is 4.79 Å². The molecule has 0 atom stereocenters. The van der Waals surface area contributed by atoms with Crippen molar-refractivity contribution in [1.82, 2.24) is 24.9 Å². The molecule has 8 nitrogen and oxygen atoms in total. The van der Waals surface area contributed by atoms with Gasteiger partial charge in [-0.15, -0.1) is 0 Å². The number of amides is 1. The van der Waals surface area contributed by atoms with Crippen LogP contribution in [0.4, 0.5) is 11.6 Å². The highest BCUT2D eigenvalue weighted by Crippen LogP contribution is 2.26. The molecule has 122 valence electrons. The molecule has 1 aliphatic rings. The Morgan fingerprint density at radius 2 is 2.04 bits per heavy atom. The molecular weight excluding hydrogens is 306 g/mol. The first-order valence-electron chi connectivity index (χ1n) is 7.92. The molecule has 8 heteroatoms. The fourth-order valence-electron chi connectivity index (χ4n) is 3.01. The maximum Gasteiger partial charge on any atom is 0.228 e. The topological polar surface area (TPSA) is 99.7 Å². The molecule has 1 fully saturated rings. The van der Waals surface area contributed by atoms with E-state index >= 15 is 0 Å². The van der Waals surface area contributed by atoms with Crippen LogP contribution in [0.25, 0.3) is 11.2 Å². The number of hydrogen-bond acceptors (Lipinski definition) is 6. The largest absolute Gasteiger partial charge is 0.355 e. The summed E-state index contributed by atoms with van der Waals surface area (Å²) < 4.78 is 0. The number of rotatable bonds is 3. The molecule has 0 unspecified atom stereocenters. The van der Waals surface area contributed by atoms with Crippen LogP contribution in [0.2, 0.25) is 0 Å². The molecule has 1 amide bonds. The fourth-order valence-corrected chi connectivity index (χ4v) is 3.01. The average Bonchev–Trinajstić information content (AvgIpc) is 3.11. The molecular formula is C16H17N7O. The zero-order chi connectivity index (χ0) is 16.4. The van der Waals surface area contributed by atoms with E-state index in [9.17, 15) is 4.79 Å². The molecule has 0 bridgehead atoms. The SMILES string of the molecule is O=C(Nc1ccccn1)C1CCN(c2ncnc3nc[nH]c23)CC1. The highest BCUT2D eigenvalue weighted by atomic mass is 16.1. The monoisotopic (exact) mass is 323 g/mol. The predicted molar refractivity (Wildman–Crippen MR) is 89.5 cm³/mol. The maximum atomic E-state index is 12.4. The molecule has 0 aliphatic carbocycles. The van der Waals surface area contributed by atoms with Crippen LogP contribution in [0.3, 0.4) is 0 Å². The summed E-state index contributed by atoms with van der Waals surface area (Å²) in [6.45, 7) is 1.54. The lowest BCUT2D eigenvalue weighted by atomic mass is 9.96. The van der Waals surface area contributed by atoms with Crippen molar-refractivity contribution in [3.05, 3.63) is 37.1 Å². The number of imidazole rings is 1. The van der Waals surface area contributed by atoms with E-state index in [0.29, 0.717) is 11.5 Å². The highest BCUT2D eigenvalue weighted by Gasteiger charge is 2.27. The van der Waals surface area contributed by atoms with Gasteiger partial charge in [-0.1, -0.05) is 6.07 Å². The smallest absolute Gasteiger partial charge is 0.228 e. The van der Waals surface area contributed by atoms with Crippen LogP contribution in [-0.4, -0.2) is 43.9 Å². The molecule has 0 radical (unpaired) electrons. The molecule has 1 saturated heterocycles. The van der Waals surface area contributed by atoms with E-state index in [4.69, 9.17) is 0 Å². The second kappa shape index (κ2) is 6.23. The van der Waals surface area contributed by atoms with Crippen molar-refractivity contribution in [1.29, 1.82) is 0 Å². The first kappa shape index (κ1) is 14.6. The molecule has 2 N–H and O–H groups in total. The molecule has 4 rings (SSSR count). The zero-order valence-electron chi connectivity index (χ0n) is 13.0. The number of H-pyrrole nitrogens is 1. The summed E-state index contributed by atoms with van der Waals surface area (Å²) in [5.41, 5.74) is 1.50. The quantitative estimate of drug-likeness (QED) is 0.759. The summed E-state index contributed by atoms with van der Waals surface area (Å²) in [5.74, 6) is 1.46. The van der Waals surface area contributed by atoms with Gasteiger partial charge in [-0.25, -0.2) is 19.9 Å². The Bertz CT molecular complexity index is 840. The van der Waals surface area contributed by atoms with Gasteiger partial charge in [0.05, 0.1) is 6.33 Å². The van der Waals surface area contributed by atoms with Crippen molar-refractivity contribution in [3.63, 3.8) is 0 Å². The third-order valence-electron chi connectivity index (χ3n) is 4.28. The van der Waals surface area contributed by atoms with Crippen LogP contribution in [0.15, 0.2) is 37.1 Å². The van der Waals surface area contributed by atoms with Gasteiger partial charge >= 0.3 is 0 Å². The minimum absolute atomic E-state index is 0.0117. The van der Waals surface area contributed by atoms with Crippen molar-refractivity contribution >= 4 is 28.7 Å². The molecule has 3 aromatic heterocycles. The highest BCUT2D eigenvalue weighted by molar-refractivity contribution is 5.92. The Hall–Kier alpha value is -3.03. The molecule has 0 spiro atoms. The molecule has 3 aromatic rings. The lowest BCUT2D eigenvalue weighted by Crippen LogP contribution is -2.38. The lowest BCUT2D eigenvalue weighted by Gasteiger charge is -2.32. The van der Waals surface area contributed by atoms with Gasteiger partial charge in [0, 0.05) is 25.2 Å². The van der Waals surface area contributed by atoms with Crippen molar-refractivity contribution < 1.29 is 4.79 Å². The van der Waals surface area contributed by atoms with Crippen molar-refractivity contribution in [2.45, 2.75) is 12.8 Å². The zero-order valence-corrected chi connectivity index (χ0v) is 13.0. The third-order valence-corrected chi connectivity index (χ3v) is 4.28. The van der Waals surface area contributed by atoms with E-state index in [-0.39, 0.29) is 11.8 Å². The van der Waals surface area contributed by atoms with Crippen LogP contribution < -0.4 is 10.2 Å². The Kier molecular flexibility index (Phi) is 3.78. The van der Waals surface area contributed by atoms with Crippen molar-refractivity contribution in [2.75, 3.05) is 23.3 Å². The van der Waals surface area contributed by atoms with E-state index in [1.807, 2.05) is 12.1 Å². The number of hydrogen-bond donors (Lipinski definition) is 2. The second-order valence-electron chi connectivity index (χ2n) is 5.76. The van der Waals surface area contributed by atoms with Crippen molar-refractivity contribution in [3.8, 4) is 0 Å². The van der Waals surface area contributed by atoms with Gasteiger partial charge in [0.2, 0.25) is 5.91 Å². The number of anilines is 2. The molecule has 0 aromatic carbocycles. The number of pyridine rings is 1. The van der Waals surface area contributed by atoms with Gasteiger partial charge in [-0.2, -0.15) is 0 Å². The molecule has 0 saturated carbocycles. The van der Waals surface area contributed by atoms with E-state index in [0.717, 1.165) is 37.3 Å². The number of nitrogens with zero attached hydrogens (tertiary/aromatic N) is 5. The summed E-state index contributed by atoms with van der Waals surface area (Å²) in [5, 5.41) is 2.88. The summed E-state index contributed by atoms with van der Waals surface area (Å²) in [4.78, 5) is 34.4. The predicted octanol–water partition coefficient (Wildman–Crippen LogP) is 1.60. The average molecular weight is 323 g/mol. The minimum atomic E-state index is -0.0117. The van der Waals surface area contributed by atoms with E-state index in [1.54, 1.807) is 18.6 Å². The molecule has 24 heavy (non-hydrogen) atoms. The van der Waals surface area contributed by atoms with Crippen LogP contribution >= 0.6 is 0 Å². The first-order chi connectivity index (χ1) is 11.8. The minimum Gasteiger partial charge on any atom is -0.355 e. The molecule has 4 heterocycles. The fraction of sp³-hybridized carbons (Fsp3) is 0.312. The third kappa shape index (κ3) is 2.78. The van der Waals surface area contributed by atoms with E-state index < -0.39 is 0 Å². The normalized spacial score (nSPS) is 15.6. The van der Waals surface area contributed by atoms with Crippen LogP contribution in [0.1, 0.15) is 12.8 Å². The number of nitrogens with one attached hydrogen (secondary N) is 2. The number of fused-ring (bicyclic) bond motifs is 1. The standard InChI is InChI=1S/C16H17N7O/c24-16(22-12-3-1-2-6-17-12)11-4-7-23(8-5-11)15-13-14(19-9-18-13)20-10-21-15/h1-3,6,9-11H,4-5,7-8H2,(H,17,22,24)(H,18,19,20,21).